The first-order chi connectivity index (χ1) is 10.8. The molecule has 1 spiro atoms. The molecule has 2 aromatic carbocycles. The molecule has 0 unspecified atom stereocenters. The molecule has 0 bridgehead atoms. The summed E-state index contributed by atoms with van der Waals surface area (Å²) < 4.78 is 11.7. The van der Waals surface area contributed by atoms with Crippen molar-refractivity contribution in [2.75, 3.05) is 19.8 Å². The molecule has 3 heteroatoms. The number of fused-ring (bicyclic) bond motifs is 1. The molecular weight excluding hydrogens is 276 g/mol. The smallest absolute Gasteiger partial charge is 0.168 e. The Kier molecular flexibility index (Phi) is 3.44. The maximum Gasteiger partial charge on any atom is 0.168 e. The number of ether oxygens (including phenoxy) is 2. The molecule has 116 valence electrons. The maximum absolute atomic E-state index is 10.2. The van der Waals surface area contributed by atoms with Crippen molar-refractivity contribution in [3.05, 3.63) is 48.0 Å². The Morgan fingerprint density at radius 1 is 0.864 bits per heavy atom. The predicted octanol–water partition coefficient (Wildman–Crippen LogP) is 3.39. The number of benzene rings is 2. The first-order valence-electron chi connectivity index (χ1n) is 8.14. The summed E-state index contributed by atoms with van der Waals surface area (Å²) in [6, 6.07) is 14.8. The minimum atomic E-state index is -0.386. The summed E-state index contributed by atoms with van der Waals surface area (Å²) in [5.41, 5.74) is 1.09. The van der Waals surface area contributed by atoms with Crippen molar-refractivity contribution < 1.29 is 14.6 Å². The molecule has 0 amide bonds. The molecule has 1 aliphatic heterocycles. The monoisotopic (exact) mass is 298 g/mol. The van der Waals surface area contributed by atoms with Crippen LogP contribution in [0.4, 0.5) is 0 Å². The van der Waals surface area contributed by atoms with Gasteiger partial charge in [0.2, 0.25) is 0 Å². The van der Waals surface area contributed by atoms with E-state index in [4.69, 9.17) is 9.47 Å². The second kappa shape index (κ2) is 5.34. The maximum atomic E-state index is 10.2. The zero-order chi connectivity index (χ0) is 15.0. The number of hydrogen-bond donors (Lipinski definition) is 1. The van der Waals surface area contributed by atoms with Crippen molar-refractivity contribution in [1.29, 1.82) is 0 Å². The Hall–Kier alpha value is -1.42. The fraction of sp³-hybridized carbons (Fsp3) is 0.474. The summed E-state index contributed by atoms with van der Waals surface area (Å²) in [4.78, 5) is 0. The summed E-state index contributed by atoms with van der Waals surface area (Å²) in [6.45, 7) is 1.57. The van der Waals surface area contributed by atoms with Gasteiger partial charge in [0.05, 0.1) is 19.8 Å². The van der Waals surface area contributed by atoms with Gasteiger partial charge in [-0.2, -0.15) is 0 Å². The van der Waals surface area contributed by atoms with Gasteiger partial charge in [0, 0.05) is 18.3 Å². The summed E-state index contributed by atoms with van der Waals surface area (Å²) in [5.74, 6) is -0.386. The lowest BCUT2D eigenvalue weighted by Crippen LogP contribution is -2.44. The van der Waals surface area contributed by atoms with E-state index < -0.39 is 0 Å². The van der Waals surface area contributed by atoms with Gasteiger partial charge in [-0.25, -0.2) is 0 Å². The van der Waals surface area contributed by atoms with Gasteiger partial charge in [-0.05, 0) is 29.2 Å². The molecule has 4 rings (SSSR count). The number of aliphatic hydroxyl groups excluding tert-OH is 1. The van der Waals surface area contributed by atoms with Gasteiger partial charge in [-0.3, -0.25) is 0 Å². The van der Waals surface area contributed by atoms with Gasteiger partial charge >= 0.3 is 0 Å². The van der Waals surface area contributed by atoms with Crippen LogP contribution in [0.5, 0.6) is 0 Å². The third-order valence-corrected chi connectivity index (χ3v) is 5.45. The topological polar surface area (TPSA) is 38.7 Å². The van der Waals surface area contributed by atoms with Gasteiger partial charge < -0.3 is 14.6 Å². The van der Waals surface area contributed by atoms with Crippen LogP contribution >= 0.6 is 0 Å². The van der Waals surface area contributed by atoms with E-state index in [1.54, 1.807) is 0 Å². The Morgan fingerprint density at radius 3 is 2.27 bits per heavy atom. The molecule has 2 fully saturated rings. The lowest BCUT2D eigenvalue weighted by molar-refractivity contribution is -0.187. The molecule has 1 saturated carbocycles. The van der Waals surface area contributed by atoms with Crippen LogP contribution in [0.1, 0.15) is 31.2 Å². The first kappa shape index (κ1) is 14.2. The van der Waals surface area contributed by atoms with Crippen LogP contribution in [0.3, 0.4) is 0 Å². The molecule has 3 nitrogen and oxygen atoms in total. The number of hydrogen-bond acceptors (Lipinski definition) is 3. The number of aliphatic hydroxyl groups is 1. The van der Waals surface area contributed by atoms with Gasteiger partial charge in [0.1, 0.15) is 0 Å². The molecule has 1 aliphatic carbocycles. The van der Waals surface area contributed by atoms with Crippen molar-refractivity contribution in [1.82, 2.24) is 0 Å². The standard InChI is InChI=1S/C19H22O3/c20-14-18(8-10-19(11-9-18)21-12-13-22-19)17-7-3-5-15-4-1-2-6-16(15)17/h1-7,20H,8-14H2. The lowest BCUT2D eigenvalue weighted by atomic mass is 9.67. The van der Waals surface area contributed by atoms with E-state index in [-0.39, 0.29) is 17.8 Å². The van der Waals surface area contributed by atoms with E-state index >= 15 is 0 Å². The van der Waals surface area contributed by atoms with Crippen molar-refractivity contribution in [2.24, 2.45) is 0 Å². The summed E-state index contributed by atoms with van der Waals surface area (Å²) >= 11 is 0. The first-order valence-corrected chi connectivity index (χ1v) is 8.14. The van der Waals surface area contributed by atoms with Crippen LogP contribution in [-0.4, -0.2) is 30.7 Å². The largest absolute Gasteiger partial charge is 0.395 e. The quantitative estimate of drug-likeness (QED) is 0.923. The SMILES string of the molecule is OCC1(c2cccc3ccccc23)CCC2(CC1)OCCO2. The number of rotatable bonds is 2. The fourth-order valence-corrected chi connectivity index (χ4v) is 4.10. The van der Waals surface area contributed by atoms with Gasteiger partial charge in [0.15, 0.2) is 5.79 Å². The molecule has 0 radical (unpaired) electrons. The third kappa shape index (κ3) is 2.16. The molecule has 22 heavy (non-hydrogen) atoms. The fourth-order valence-electron chi connectivity index (χ4n) is 4.10. The lowest BCUT2D eigenvalue weighted by Gasteiger charge is -2.43. The summed E-state index contributed by atoms with van der Waals surface area (Å²) in [7, 11) is 0. The highest BCUT2D eigenvalue weighted by atomic mass is 16.7. The van der Waals surface area contributed by atoms with E-state index in [2.05, 4.69) is 42.5 Å². The van der Waals surface area contributed by atoms with Crippen molar-refractivity contribution in [2.45, 2.75) is 36.9 Å². The predicted molar refractivity (Wildman–Crippen MR) is 85.8 cm³/mol. The molecule has 1 heterocycles. The molecule has 1 N–H and O–H groups in total. The average Bonchev–Trinajstić information content (AvgIpc) is 3.04. The van der Waals surface area contributed by atoms with Crippen LogP contribution in [0.25, 0.3) is 10.8 Å². The van der Waals surface area contributed by atoms with Crippen molar-refractivity contribution in [3.8, 4) is 0 Å². The van der Waals surface area contributed by atoms with Crippen LogP contribution < -0.4 is 0 Å². The Morgan fingerprint density at radius 2 is 1.55 bits per heavy atom. The van der Waals surface area contributed by atoms with Gasteiger partial charge in [0.25, 0.3) is 0 Å². The zero-order valence-electron chi connectivity index (χ0n) is 12.8. The van der Waals surface area contributed by atoms with Gasteiger partial charge in [-0.15, -0.1) is 0 Å². The normalized spacial score (nSPS) is 23.1. The molecule has 2 aromatic rings. The van der Waals surface area contributed by atoms with Crippen LogP contribution in [-0.2, 0) is 14.9 Å². The van der Waals surface area contributed by atoms with Crippen LogP contribution in [0.2, 0.25) is 0 Å². The average molecular weight is 298 g/mol. The van der Waals surface area contributed by atoms with E-state index in [0.717, 1.165) is 25.7 Å². The van der Waals surface area contributed by atoms with Crippen LogP contribution in [0.15, 0.2) is 42.5 Å². The second-order valence-corrected chi connectivity index (χ2v) is 6.57. The Bertz CT molecular complexity index is 658. The highest BCUT2D eigenvalue weighted by Gasteiger charge is 2.47. The van der Waals surface area contributed by atoms with E-state index in [1.165, 1.54) is 16.3 Å². The van der Waals surface area contributed by atoms with E-state index in [0.29, 0.717) is 13.2 Å². The van der Waals surface area contributed by atoms with E-state index in [9.17, 15) is 5.11 Å². The van der Waals surface area contributed by atoms with Gasteiger partial charge in [-0.1, -0.05) is 42.5 Å². The van der Waals surface area contributed by atoms with Crippen molar-refractivity contribution in [3.63, 3.8) is 0 Å². The van der Waals surface area contributed by atoms with Crippen molar-refractivity contribution >= 4 is 10.8 Å². The molecular formula is C19H22O3. The highest BCUT2D eigenvalue weighted by molar-refractivity contribution is 5.86. The molecule has 1 saturated heterocycles. The molecule has 0 atom stereocenters. The minimum absolute atomic E-state index is 0.178. The van der Waals surface area contributed by atoms with Crippen LogP contribution in [0, 0.1) is 0 Å². The van der Waals surface area contributed by atoms with E-state index in [1.807, 2.05) is 0 Å². The summed E-state index contributed by atoms with van der Waals surface area (Å²) in [5, 5.41) is 12.7. The molecule has 2 aliphatic rings. The summed E-state index contributed by atoms with van der Waals surface area (Å²) in [6.07, 6.45) is 3.52. The minimum Gasteiger partial charge on any atom is -0.395 e. The highest BCUT2D eigenvalue weighted by Crippen LogP contribution is 2.47. The second-order valence-electron chi connectivity index (χ2n) is 6.57. The Balaban J connectivity index is 1.72. The Labute approximate surface area is 130 Å². The zero-order valence-corrected chi connectivity index (χ0v) is 12.8. The molecule has 0 aromatic heterocycles. The third-order valence-electron chi connectivity index (χ3n) is 5.45.